The van der Waals surface area contributed by atoms with Crippen LogP contribution >= 0.6 is 0 Å². The van der Waals surface area contributed by atoms with Gasteiger partial charge in [-0.15, -0.1) is 0 Å². The van der Waals surface area contributed by atoms with Crippen LogP contribution in [0.15, 0.2) is 36.7 Å². The molecule has 1 amide bonds. The number of nitrogens with one attached hydrogen (secondary N) is 3. The van der Waals surface area contributed by atoms with Crippen LogP contribution in [0.4, 0.5) is 24.5 Å². The summed E-state index contributed by atoms with van der Waals surface area (Å²) in [6, 6.07) is 6.22. The molecule has 4 heterocycles. The maximum absolute atomic E-state index is 14.4. The number of para-hydroxylation sites is 1. The number of hydrogen-bond donors (Lipinski definition) is 3. The molecule has 202 valence electrons. The second kappa shape index (κ2) is 11.3. The lowest BCUT2D eigenvalue weighted by Gasteiger charge is -2.32. The predicted molar refractivity (Wildman–Crippen MR) is 134 cm³/mol. The van der Waals surface area contributed by atoms with Crippen molar-refractivity contribution in [2.24, 2.45) is 0 Å². The van der Waals surface area contributed by atoms with Gasteiger partial charge in [-0.1, -0.05) is 6.07 Å². The van der Waals surface area contributed by atoms with Crippen molar-refractivity contribution >= 4 is 17.3 Å². The molecule has 1 atom stereocenters. The van der Waals surface area contributed by atoms with Crippen molar-refractivity contribution in [3.8, 4) is 22.8 Å². The molecule has 3 aromatic rings. The number of halogens is 3. The van der Waals surface area contributed by atoms with E-state index in [0.29, 0.717) is 66.6 Å². The highest BCUT2D eigenvalue weighted by atomic mass is 19.3. The van der Waals surface area contributed by atoms with E-state index in [1.807, 2.05) is 0 Å². The number of ether oxygens (including phenoxy) is 3. The van der Waals surface area contributed by atoms with Gasteiger partial charge in [0.2, 0.25) is 0 Å². The van der Waals surface area contributed by atoms with Gasteiger partial charge in [0.05, 0.1) is 49.1 Å². The number of nitrogens with zero attached hydrogens (tertiary/aromatic N) is 2. The van der Waals surface area contributed by atoms with Crippen molar-refractivity contribution in [3.63, 3.8) is 0 Å². The number of alkyl halides is 2. The number of anilines is 2. The third kappa shape index (κ3) is 5.41. The number of fused-ring (bicyclic) bond motifs is 1. The minimum Gasteiger partial charge on any atom is -0.492 e. The van der Waals surface area contributed by atoms with E-state index in [-0.39, 0.29) is 24.8 Å². The molecule has 2 aromatic heterocycles. The summed E-state index contributed by atoms with van der Waals surface area (Å²) in [6.45, 7) is 1.38. The number of aromatic amines is 1. The van der Waals surface area contributed by atoms with Gasteiger partial charge >= 0.3 is 0 Å². The first-order chi connectivity index (χ1) is 18.4. The molecule has 12 heteroatoms. The summed E-state index contributed by atoms with van der Waals surface area (Å²) >= 11 is 0. The van der Waals surface area contributed by atoms with E-state index in [1.165, 1.54) is 13.2 Å². The van der Waals surface area contributed by atoms with Crippen LogP contribution in [0.2, 0.25) is 0 Å². The van der Waals surface area contributed by atoms with Crippen LogP contribution in [-0.2, 0) is 11.2 Å². The minimum atomic E-state index is -2.42. The molecule has 0 aliphatic carbocycles. The topological polar surface area (TPSA) is 101 Å². The van der Waals surface area contributed by atoms with Crippen LogP contribution in [-0.4, -0.2) is 79.8 Å². The maximum atomic E-state index is 14.4. The Morgan fingerprint density at radius 3 is 3.00 bits per heavy atom. The molecule has 1 aromatic carbocycles. The Hall–Kier alpha value is -3.77. The number of benzene rings is 1. The summed E-state index contributed by atoms with van der Waals surface area (Å²) in [5.41, 5.74) is 3.09. The number of rotatable bonds is 9. The van der Waals surface area contributed by atoms with E-state index in [9.17, 15) is 18.0 Å². The Bertz CT molecular complexity index is 1300. The summed E-state index contributed by atoms with van der Waals surface area (Å²) in [4.78, 5) is 22.1. The molecule has 3 N–H and O–H groups in total. The van der Waals surface area contributed by atoms with Crippen LogP contribution in [0.25, 0.3) is 11.3 Å². The molecular weight excluding hydrogens is 503 g/mol. The Morgan fingerprint density at radius 2 is 2.18 bits per heavy atom. The number of H-pyrrole nitrogens is 1. The Labute approximate surface area is 217 Å². The van der Waals surface area contributed by atoms with Crippen molar-refractivity contribution in [2.45, 2.75) is 19.0 Å². The maximum Gasteiger partial charge on any atom is 0.255 e. The Kier molecular flexibility index (Phi) is 7.70. The first-order valence-corrected chi connectivity index (χ1v) is 12.3. The minimum absolute atomic E-state index is 0.0126. The molecule has 1 saturated heterocycles. The third-order valence-corrected chi connectivity index (χ3v) is 6.49. The summed E-state index contributed by atoms with van der Waals surface area (Å²) in [5, 5.41) is 6.04. The SMILES string of the molecule is COc1c(F)cccc1Nc1c(-c2ccncc2OC[C@@H]2CN(CC(F)F)CCO2)[nH]c2c1C(=O)NCC2. The van der Waals surface area contributed by atoms with Gasteiger partial charge in [0.15, 0.2) is 11.6 Å². The van der Waals surface area contributed by atoms with Gasteiger partial charge in [0.25, 0.3) is 12.3 Å². The van der Waals surface area contributed by atoms with Gasteiger partial charge in [-0.3, -0.25) is 14.7 Å². The number of aromatic nitrogens is 2. The molecule has 1 fully saturated rings. The van der Waals surface area contributed by atoms with Crippen molar-refractivity contribution in [2.75, 3.05) is 51.8 Å². The quantitative estimate of drug-likeness (QED) is 0.388. The summed E-state index contributed by atoms with van der Waals surface area (Å²) < 4.78 is 57.2. The molecule has 0 bridgehead atoms. The van der Waals surface area contributed by atoms with Gasteiger partial charge in [0.1, 0.15) is 18.5 Å². The number of hydrogen-bond acceptors (Lipinski definition) is 7. The average Bonchev–Trinajstić information content (AvgIpc) is 3.27. The molecule has 0 saturated carbocycles. The zero-order chi connectivity index (χ0) is 26.6. The number of carbonyl (C=O) groups excluding carboxylic acids is 1. The van der Waals surface area contributed by atoms with Crippen LogP contribution < -0.4 is 20.1 Å². The number of morpholine rings is 1. The van der Waals surface area contributed by atoms with Crippen LogP contribution in [0.1, 0.15) is 16.1 Å². The monoisotopic (exact) mass is 531 g/mol. The molecule has 2 aliphatic heterocycles. The molecule has 2 aliphatic rings. The molecule has 38 heavy (non-hydrogen) atoms. The summed E-state index contributed by atoms with van der Waals surface area (Å²) in [6.07, 6.45) is 0.899. The highest BCUT2D eigenvalue weighted by molar-refractivity contribution is 6.06. The van der Waals surface area contributed by atoms with E-state index in [1.54, 1.807) is 35.5 Å². The second-order valence-corrected chi connectivity index (χ2v) is 9.01. The normalized spacial score (nSPS) is 17.7. The van der Waals surface area contributed by atoms with Crippen molar-refractivity contribution in [1.82, 2.24) is 20.2 Å². The van der Waals surface area contributed by atoms with E-state index in [4.69, 9.17) is 14.2 Å². The molecule has 9 nitrogen and oxygen atoms in total. The summed E-state index contributed by atoms with van der Waals surface area (Å²) in [7, 11) is 1.37. The van der Waals surface area contributed by atoms with Crippen molar-refractivity contribution < 1.29 is 32.2 Å². The molecule has 0 radical (unpaired) electrons. The van der Waals surface area contributed by atoms with Crippen molar-refractivity contribution in [3.05, 3.63) is 53.7 Å². The molecular formula is C26H28F3N5O4. The van der Waals surface area contributed by atoms with E-state index in [2.05, 4.69) is 20.6 Å². The van der Waals surface area contributed by atoms with Gasteiger partial charge in [0, 0.05) is 43.5 Å². The number of pyridine rings is 1. The Morgan fingerprint density at radius 1 is 1.32 bits per heavy atom. The lowest BCUT2D eigenvalue weighted by Crippen LogP contribution is -2.46. The average molecular weight is 532 g/mol. The fraction of sp³-hybridized carbons (Fsp3) is 0.385. The second-order valence-electron chi connectivity index (χ2n) is 9.01. The third-order valence-electron chi connectivity index (χ3n) is 6.49. The van der Waals surface area contributed by atoms with Gasteiger partial charge < -0.3 is 29.8 Å². The van der Waals surface area contributed by atoms with Crippen molar-refractivity contribution in [1.29, 1.82) is 0 Å². The smallest absolute Gasteiger partial charge is 0.255 e. The standard InChI is InChI=1S/C26H28F3N5O4/c1-36-25-17(27)3-2-4-19(25)33-24-22-18(6-8-31-26(22)35)32-23(24)16-5-7-30-11-20(16)38-14-15-12-34(9-10-37-15)13-21(28)29/h2-5,7,11,15,21,32-33H,6,8-10,12-14H2,1H3,(H,31,35)/t15-/m0/s1. The van der Waals surface area contributed by atoms with Gasteiger partial charge in [-0.05, 0) is 18.2 Å². The lowest BCUT2D eigenvalue weighted by molar-refractivity contribution is -0.0604. The lowest BCUT2D eigenvalue weighted by atomic mass is 10.0. The number of methoxy groups -OCH3 is 1. The highest BCUT2D eigenvalue weighted by Gasteiger charge is 2.29. The summed E-state index contributed by atoms with van der Waals surface area (Å²) in [5.74, 6) is -0.388. The van der Waals surface area contributed by atoms with Crippen LogP contribution in [0.3, 0.4) is 0 Å². The number of carbonyl (C=O) groups is 1. The van der Waals surface area contributed by atoms with E-state index >= 15 is 0 Å². The predicted octanol–water partition coefficient (Wildman–Crippen LogP) is 3.60. The number of amides is 1. The first-order valence-electron chi connectivity index (χ1n) is 12.3. The fourth-order valence-electron chi connectivity index (χ4n) is 4.78. The molecule has 0 unspecified atom stereocenters. The van der Waals surface area contributed by atoms with Crippen LogP contribution in [0, 0.1) is 5.82 Å². The van der Waals surface area contributed by atoms with Crippen LogP contribution in [0.5, 0.6) is 11.5 Å². The molecule has 0 spiro atoms. The fourth-order valence-corrected chi connectivity index (χ4v) is 4.78. The van der Waals surface area contributed by atoms with Gasteiger partial charge in [-0.25, -0.2) is 13.2 Å². The van der Waals surface area contributed by atoms with E-state index < -0.39 is 18.3 Å². The highest BCUT2D eigenvalue weighted by Crippen LogP contribution is 2.42. The van der Waals surface area contributed by atoms with E-state index in [0.717, 1.165) is 5.69 Å². The zero-order valence-corrected chi connectivity index (χ0v) is 20.7. The van der Waals surface area contributed by atoms with Gasteiger partial charge in [-0.2, -0.15) is 0 Å². The Balaban J connectivity index is 1.47. The first kappa shape index (κ1) is 25.9. The largest absolute Gasteiger partial charge is 0.492 e. The zero-order valence-electron chi connectivity index (χ0n) is 20.7. The molecule has 5 rings (SSSR count).